The van der Waals surface area contributed by atoms with Gasteiger partial charge in [-0.1, -0.05) is 18.6 Å². The summed E-state index contributed by atoms with van der Waals surface area (Å²) in [5.41, 5.74) is 0.714. The average Bonchev–Trinajstić information content (AvgIpc) is 2.36. The number of halogens is 1. The van der Waals surface area contributed by atoms with Crippen molar-refractivity contribution in [3.05, 3.63) is 28.7 Å². The molecule has 0 heterocycles. The number of nitrogens with one attached hydrogen (secondary N) is 2. The fraction of sp³-hybridized carbons (Fsp3) is 0.385. The van der Waals surface area contributed by atoms with E-state index in [4.69, 9.17) is 5.11 Å². The number of unbranched alkanes of at least 4 members (excludes halogenated alkanes) is 2. The van der Waals surface area contributed by atoms with Gasteiger partial charge < -0.3 is 15.7 Å². The van der Waals surface area contributed by atoms with E-state index in [1.807, 2.05) is 18.2 Å². The second kappa shape index (κ2) is 8.53. The Hall–Kier alpha value is -1.56. The van der Waals surface area contributed by atoms with Crippen molar-refractivity contribution in [2.75, 3.05) is 11.9 Å². The first kappa shape index (κ1) is 15.5. The van der Waals surface area contributed by atoms with Crippen LogP contribution in [0.15, 0.2) is 28.7 Å². The van der Waals surface area contributed by atoms with Crippen molar-refractivity contribution in [1.82, 2.24) is 5.32 Å². The number of carbonyl (C=O) groups is 2. The number of hydrogen-bond acceptors (Lipinski definition) is 2. The lowest BCUT2D eigenvalue weighted by molar-refractivity contribution is -0.137. The predicted molar refractivity (Wildman–Crippen MR) is 77.3 cm³/mol. The SMILES string of the molecule is O=C(O)CCCCCNC(=O)Nc1ccccc1Br. The Morgan fingerprint density at radius 3 is 2.58 bits per heavy atom. The maximum atomic E-state index is 11.6. The highest BCUT2D eigenvalue weighted by molar-refractivity contribution is 9.10. The minimum atomic E-state index is -0.778. The van der Waals surface area contributed by atoms with E-state index in [0.29, 0.717) is 18.7 Å². The highest BCUT2D eigenvalue weighted by Gasteiger charge is 2.03. The zero-order valence-electron chi connectivity index (χ0n) is 10.5. The molecule has 104 valence electrons. The summed E-state index contributed by atoms with van der Waals surface area (Å²) >= 11 is 3.34. The van der Waals surface area contributed by atoms with Crippen LogP contribution < -0.4 is 10.6 Å². The quantitative estimate of drug-likeness (QED) is 0.672. The lowest BCUT2D eigenvalue weighted by Gasteiger charge is -2.08. The molecule has 5 nitrogen and oxygen atoms in total. The van der Waals surface area contributed by atoms with Gasteiger partial charge in [0, 0.05) is 17.4 Å². The van der Waals surface area contributed by atoms with Gasteiger partial charge in [-0.3, -0.25) is 4.79 Å². The molecule has 0 spiro atoms. The molecular formula is C13H17BrN2O3. The van der Waals surface area contributed by atoms with E-state index in [2.05, 4.69) is 26.6 Å². The van der Waals surface area contributed by atoms with Crippen molar-refractivity contribution < 1.29 is 14.7 Å². The van der Waals surface area contributed by atoms with Gasteiger partial charge in [0.15, 0.2) is 0 Å². The third-order valence-electron chi connectivity index (χ3n) is 2.48. The summed E-state index contributed by atoms with van der Waals surface area (Å²) in [4.78, 5) is 21.9. The number of anilines is 1. The standard InChI is InChI=1S/C13H17BrN2O3/c14-10-6-3-4-7-11(10)16-13(19)15-9-5-1-2-8-12(17)18/h3-4,6-7H,1-2,5,8-9H2,(H,17,18)(H2,15,16,19). The molecule has 0 saturated heterocycles. The maximum Gasteiger partial charge on any atom is 0.319 e. The molecule has 0 aliphatic carbocycles. The Bertz CT molecular complexity index is 438. The molecule has 0 radical (unpaired) electrons. The minimum Gasteiger partial charge on any atom is -0.481 e. The molecule has 1 aromatic carbocycles. The zero-order valence-corrected chi connectivity index (χ0v) is 12.1. The Morgan fingerprint density at radius 2 is 1.89 bits per heavy atom. The van der Waals surface area contributed by atoms with Crippen LogP contribution in [0.3, 0.4) is 0 Å². The molecular weight excluding hydrogens is 312 g/mol. The largest absolute Gasteiger partial charge is 0.481 e. The van der Waals surface area contributed by atoms with Crippen LogP contribution in [-0.4, -0.2) is 23.7 Å². The fourth-order valence-electron chi connectivity index (χ4n) is 1.51. The summed E-state index contributed by atoms with van der Waals surface area (Å²) in [7, 11) is 0. The van der Waals surface area contributed by atoms with E-state index in [0.717, 1.165) is 17.3 Å². The monoisotopic (exact) mass is 328 g/mol. The molecule has 0 saturated carbocycles. The smallest absolute Gasteiger partial charge is 0.319 e. The van der Waals surface area contributed by atoms with Gasteiger partial charge in [0.1, 0.15) is 0 Å². The van der Waals surface area contributed by atoms with Gasteiger partial charge in [0.05, 0.1) is 5.69 Å². The number of urea groups is 1. The number of benzene rings is 1. The molecule has 3 N–H and O–H groups in total. The van der Waals surface area contributed by atoms with E-state index in [9.17, 15) is 9.59 Å². The number of para-hydroxylation sites is 1. The molecule has 6 heteroatoms. The lowest BCUT2D eigenvalue weighted by Crippen LogP contribution is -2.29. The summed E-state index contributed by atoms with van der Waals surface area (Å²) in [6.07, 6.45) is 2.39. The summed E-state index contributed by atoms with van der Waals surface area (Å²) < 4.78 is 0.826. The second-order valence-electron chi connectivity index (χ2n) is 4.07. The third-order valence-corrected chi connectivity index (χ3v) is 3.17. The van der Waals surface area contributed by atoms with Crippen molar-refractivity contribution in [2.24, 2.45) is 0 Å². The van der Waals surface area contributed by atoms with Crippen LogP contribution in [0.25, 0.3) is 0 Å². The Kier molecular flexibility index (Phi) is 6.95. The molecule has 0 atom stereocenters. The average molecular weight is 329 g/mol. The van der Waals surface area contributed by atoms with Crippen molar-refractivity contribution in [3.63, 3.8) is 0 Å². The van der Waals surface area contributed by atoms with Gasteiger partial charge in [-0.05, 0) is 40.9 Å². The van der Waals surface area contributed by atoms with Crippen LogP contribution in [0.1, 0.15) is 25.7 Å². The molecule has 0 unspecified atom stereocenters. The number of amides is 2. The third kappa shape index (κ3) is 6.81. The topological polar surface area (TPSA) is 78.4 Å². The number of aliphatic carboxylic acids is 1. The van der Waals surface area contributed by atoms with Crippen LogP contribution >= 0.6 is 15.9 Å². The summed E-state index contributed by atoms with van der Waals surface area (Å²) in [5, 5.41) is 13.9. The van der Waals surface area contributed by atoms with Gasteiger partial charge in [0.2, 0.25) is 0 Å². The molecule has 2 amide bonds. The number of carbonyl (C=O) groups excluding carboxylic acids is 1. The van der Waals surface area contributed by atoms with E-state index in [1.54, 1.807) is 6.07 Å². The normalized spacial score (nSPS) is 9.95. The molecule has 1 aromatic rings. The number of hydrogen-bond donors (Lipinski definition) is 3. The lowest BCUT2D eigenvalue weighted by atomic mass is 10.2. The Labute approximate surface area is 120 Å². The minimum absolute atomic E-state index is 0.184. The van der Waals surface area contributed by atoms with Gasteiger partial charge in [-0.2, -0.15) is 0 Å². The van der Waals surface area contributed by atoms with E-state index < -0.39 is 5.97 Å². The van der Waals surface area contributed by atoms with E-state index in [1.165, 1.54) is 0 Å². The molecule has 1 rings (SSSR count). The predicted octanol–water partition coefficient (Wildman–Crippen LogP) is 3.22. The van der Waals surface area contributed by atoms with Crippen LogP contribution in [-0.2, 0) is 4.79 Å². The number of carboxylic acids is 1. The summed E-state index contributed by atoms with van der Waals surface area (Å²) in [5.74, 6) is -0.778. The Balaban J connectivity index is 2.15. The van der Waals surface area contributed by atoms with Crippen LogP contribution in [0.2, 0.25) is 0 Å². The van der Waals surface area contributed by atoms with Gasteiger partial charge in [0.25, 0.3) is 0 Å². The van der Waals surface area contributed by atoms with Crippen molar-refractivity contribution in [1.29, 1.82) is 0 Å². The van der Waals surface area contributed by atoms with Crippen LogP contribution in [0.4, 0.5) is 10.5 Å². The fourth-order valence-corrected chi connectivity index (χ4v) is 1.89. The number of carboxylic acid groups (broad SMARTS) is 1. The van der Waals surface area contributed by atoms with Gasteiger partial charge >= 0.3 is 12.0 Å². The van der Waals surface area contributed by atoms with Crippen molar-refractivity contribution in [3.8, 4) is 0 Å². The van der Waals surface area contributed by atoms with E-state index in [-0.39, 0.29) is 12.5 Å². The zero-order chi connectivity index (χ0) is 14.1. The molecule has 0 fully saturated rings. The van der Waals surface area contributed by atoms with E-state index >= 15 is 0 Å². The highest BCUT2D eigenvalue weighted by atomic mass is 79.9. The van der Waals surface area contributed by atoms with Crippen LogP contribution in [0.5, 0.6) is 0 Å². The van der Waals surface area contributed by atoms with Crippen molar-refractivity contribution in [2.45, 2.75) is 25.7 Å². The van der Waals surface area contributed by atoms with Gasteiger partial charge in [-0.15, -0.1) is 0 Å². The molecule has 0 aromatic heterocycles. The van der Waals surface area contributed by atoms with Gasteiger partial charge in [-0.25, -0.2) is 4.79 Å². The first-order chi connectivity index (χ1) is 9.09. The first-order valence-electron chi connectivity index (χ1n) is 6.11. The molecule has 0 bridgehead atoms. The Morgan fingerprint density at radius 1 is 1.16 bits per heavy atom. The van der Waals surface area contributed by atoms with Crippen molar-refractivity contribution >= 4 is 33.6 Å². The molecule has 0 aliphatic heterocycles. The van der Waals surface area contributed by atoms with Crippen LogP contribution in [0, 0.1) is 0 Å². The second-order valence-corrected chi connectivity index (χ2v) is 4.92. The molecule has 19 heavy (non-hydrogen) atoms. The maximum absolute atomic E-state index is 11.6. The first-order valence-corrected chi connectivity index (χ1v) is 6.90. The molecule has 0 aliphatic rings. The summed E-state index contributed by atoms with van der Waals surface area (Å²) in [6.45, 7) is 0.538. The highest BCUT2D eigenvalue weighted by Crippen LogP contribution is 2.20. The number of rotatable bonds is 7. The summed E-state index contributed by atoms with van der Waals surface area (Å²) in [6, 6.07) is 7.10.